The van der Waals surface area contributed by atoms with E-state index < -0.39 is 25.1 Å². The number of rotatable bonds is 8. The summed E-state index contributed by atoms with van der Waals surface area (Å²) in [5.41, 5.74) is 6.97. The molecule has 8 heteroatoms. The van der Waals surface area contributed by atoms with Crippen LogP contribution in [0.4, 0.5) is 0 Å². The number of aryl methyl sites for hydroxylation is 2. The molecule has 0 aromatic heterocycles. The van der Waals surface area contributed by atoms with Crippen LogP contribution in [0, 0.1) is 31.6 Å². The molecule has 3 fully saturated rings. The second-order valence-electron chi connectivity index (χ2n) is 13.2. The van der Waals surface area contributed by atoms with E-state index in [0.717, 1.165) is 71.1 Å². The Bertz CT molecular complexity index is 1440. The predicted molar refractivity (Wildman–Crippen MR) is 171 cm³/mol. The molecule has 2 N–H and O–H groups in total. The van der Waals surface area contributed by atoms with Gasteiger partial charge in [0, 0.05) is 13.2 Å². The minimum atomic E-state index is -1.01. The van der Waals surface area contributed by atoms with E-state index in [1.54, 1.807) is 12.0 Å². The van der Waals surface area contributed by atoms with Crippen molar-refractivity contribution < 1.29 is 29.1 Å². The maximum atomic E-state index is 14.0. The van der Waals surface area contributed by atoms with E-state index in [0.29, 0.717) is 37.9 Å². The van der Waals surface area contributed by atoms with Gasteiger partial charge in [0.15, 0.2) is 0 Å². The fraction of sp³-hybridized carbons (Fsp3) is 0.500. The highest BCUT2D eigenvalue weighted by Gasteiger charge is 2.58. The van der Waals surface area contributed by atoms with Gasteiger partial charge in [-0.15, -0.1) is 0 Å². The molecule has 2 heterocycles. The molecule has 2 aromatic rings. The summed E-state index contributed by atoms with van der Waals surface area (Å²) in [7, 11) is 0.658. The Kier molecular flexibility index (Phi) is 9.13. The number of benzene rings is 2. The number of aromatic hydroxyl groups is 1. The van der Waals surface area contributed by atoms with Gasteiger partial charge in [-0.1, -0.05) is 55.7 Å². The van der Waals surface area contributed by atoms with Crippen LogP contribution in [0.15, 0.2) is 53.6 Å². The van der Waals surface area contributed by atoms with Crippen molar-refractivity contribution in [3.63, 3.8) is 0 Å². The molecule has 44 heavy (non-hydrogen) atoms. The summed E-state index contributed by atoms with van der Waals surface area (Å²) in [5.74, 6) is -0.866. The van der Waals surface area contributed by atoms with E-state index in [1.165, 1.54) is 0 Å². The molecule has 2 aromatic carbocycles. The van der Waals surface area contributed by atoms with Crippen LogP contribution in [0.1, 0.15) is 73.6 Å². The largest absolute Gasteiger partial charge is 0.507 e. The summed E-state index contributed by atoms with van der Waals surface area (Å²) >= 11 is 0. The first-order valence-electron chi connectivity index (χ1n) is 16.2. The Morgan fingerprint density at radius 1 is 1.05 bits per heavy atom. The third kappa shape index (κ3) is 5.92. The van der Waals surface area contributed by atoms with Gasteiger partial charge in [-0.3, -0.25) is 14.5 Å². The first-order chi connectivity index (χ1) is 21.3. The van der Waals surface area contributed by atoms with Gasteiger partial charge in [-0.2, -0.15) is 0 Å². The first kappa shape index (κ1) is 30.8. The third-order valence-electron chi connectivity index (χ3n) is 10.3. The zero-order valence-electron chi connectivity index (χ0n) is 26.1. The lowest BCUT2D eigenvalue weighted by atomic mass is 9.58. The second-order valence-corrected chi connectivity index (χ2v) is 13.2. The number of carbonyl (C=O) groups is 2. The summed E-state index contributed by atoms with van der Waals surface area (Å²) in [6.45, 7) is 4.19. The highest BCUT2D eigenvalue weighted by Crippen LogP contribution is 2.51. The summed E-state index contributed by atoms with van der Waals surface area (Å²) in [4.78, 5) is 29.4. The highest BCUT2D eigenvalue weighted by atomic mass is 16.5. The zero-order chi connectivity index (χ0) is 31.0. The maximum Gasteiger partial charge on any atom is 0.455 e. The third-order valence-corrected chi connectivity index (χ3v) is 10.3. The van der Waals surface area contributed by atoms with Crippen molar-refractivity contribution >= 4 is 30.6 Å². The second kappa shape index (κ2) is 13.0. The van der Waals surface area contributed by atoms with Gasteiger partial charge in [0.2, 0.25) is 11.8 Å². The number of imide groups is 1. The van der Waals surface area contributed by atoms with Gasteiger partial charge in [0.1, 0.15) is 5.75 Å². The summed E-state index contributed by atoms with van der Waals surface area (Å²) in [6.07, 6.45) is 8.89. The number of carbonyl (C=O) groups excluding carboxylic acids is 2. The van der Waals surface area contributed by atoms with Crippen molar-refractivity contribution in [3.05, 3.63) is 75.9 Å². The zero-order valence-corrected chi connectivity index (χ0v) is 26.1. The number of hydrogen-bond acceptors (Lipinski definition) is 6. The van der Waals surface area contributed by atoms with E-state index >= 15 is 0 Å². The molecule has 232 valence electrons. The molecule has 4 atom stereocenters. The Morgan fingerprint density at radius 3 is 2.43 bits per heavy atom. The monoisotopic (exact) mass is 597 g/mol. The number of nitrogens with zero attached hydrogens (tertiary/aromatic N) is 1. The van der Waals surface area contributed by atoms with Gasteiger partial charge in [-0.25, -0.2) is 0 Å². The minimum Gasteiger partial charge on any atom is -0.507 e. The maximum absolute atomic E-state index is 14.0. The lowest BCUT2D eigenvalue weighted by Gasteiger charge is -2.43. The molecule has 2 amide bonds. The number of methoxy groups -OCH3 is 1. The SMILES string of the molecule is COCC1=C2[C@@H](CC/C(=C/c3cc(C)c(O)c(C)c3)c3ccccc3)OB(O)C[C@@H]2[C@@H]2C(=O)N(C3CCCCC3)C(=O)[C@@H]2C1. The number of allylic oxidation sites excluding steroid dienone is 1. The predicted octanol–water partition coefficient (Wildman–Crippen LogP) is 6.11. The fourth-order valence-electron chi connectivity index (χ4n) is 8.31. The van der Waals surface area contributed by atoms with Crippen molar-refractivity contribution in [1.29, 1.82) is 0 Å². The lowest BCUT2D eigenvalue weighted by Crippen LogP contribution is -2.47. The molecule has 0 radical (unpaired) electrons. The molecule has 0 unspecified atom stereocenters. The standard InChI is InChI=1S/C36H44BNO6/c1-22-16-24(17-23(2)34(22)39)18-26(25-10-6-4-7-11-25)14-15-31-32-27(21-43-3)19-29-33(30(32)20-37(42)44-31)36(41)38(35(29)40)28-12-8-5-9-13-28/h4,6-7,10-11,16-18,28-31,33,39,42H,5,8-9,12-15,19-21H2,1-3H3/b26-18-/t29-,30+,31-,33-/m1/s1. The molecule has 0 spiro atoms. The van der Waals surface area contributed by atoms with Gasteiger partial charge in [-0.05, 0) is 109 Å². The molecule has 6 rings (SSSR count). The number of phenols is 1. The molecule has 2 saturated heterocycles. The van der Waals surface area contributed by atoms with E-state index in [1.807, 2.05) is 44.2 Å². The number of amides is 2. The normalized spacial score (nSPS) is 26.3. The molecule has 1 saturated carbocycles. The van der Waals surface area contributed by atoms with Gasteiger partial charge in [0.05, 0.1) is 24.5 Å². The highest BCUT2D eigenvalue weighted by molar-refractivity contribution is 6.43. The van der Waals surface area contributed by atoms with Gasteiger partial charge >= 0.3 is 7.12 Å². The van der Waals surface area contributed by atoms with Crippen molar-refractivity contribution in [2.24, 2.45) is 17.8 Å². The fourth-order valence-corrected chi connectivity index (χ4v) is 8.31. The van der Waals surface area contributed by atoms with Crippen molar-refractivity contribution in [1.82, 2.24) is 4.90 Å². The molecule has 0 bridgehead atoms. The minimum absolute atomic E-state index is 0.00465. The van der Waals surface area contributed by atoms with Crippen LogP contribution in [-0.2, 0) is 19.0 Å². The van der Waals surface area contributed by atoms with E-state index in [2.05, 4.69) is 18.2 Å². The number of hydrogen-bond donors (Lipinski definition) is 2. The van der Waals surface area contributed by atoms with Crippen molar-refractivity contribution in [3.8, 4) is 5.75 Å². The Labute approximate surface area is 261 Å². The topological polar surface area (TPSA) is 96.3 Å². The van der Waals surface area contributed by atoms with Crippen LogP contribution in [0.5, 0.6) is 5.75 Å². The first-order valence-corrected chi connectivity index (χ1v) is 16.2. The van der Waals surface area contributed by atoms with E-state index in [4.69, 9.17) is 9.39 Å². The Morgan fingerprint density at radius 2 is 1.75 bits per heavy atom. The van der Waals surface area contributed by atoms with Gasteiger partial charge in [0.25, 0.3) is 0 Å². The summed E-state index contributed by atoms with van der Waals surface area (Å²) in [5, 5.41) is 21.3. The lowest BCUT2D eigenvalue weighted by molar-refractivity contribution is -0.143. The molecular weight excluding hydrogens is 553 g/mol. The van der Waals surface area contributed by atoms with Crippen LogP contribution in [0.2, 0.25) is 6.32 Å². The van der Waals surface area contributed by atoms with Crippen LogP contribution < -0.4 is 0 Å². The smallest absolute Gasteiger partial charge is 0.455 e. The molecule has 4 aliphatic rings. The van der Waals surface area contributed by atoms with Crippen molar-refractivity contribution in [2.75, 3.05) is 13.7 Å². The van der Waals surface area contributed by atoms with Crippen LogP contribution in [0.3, 0.4) is 0 Å². The number of phenolic OH excluding ortho intramolecular Hbond substituents is 1. The quantitative estimate of drug-likeness (QED) is 0.165. The van der Waals surface area contributed by atoms with E-state index in [-0.39, 0.29) is 23.8 Å². The molecular formula is C36H44BNO6. The summed E-state index contributed by atoms with van der Waals surface area (Å²) < 4.78 is 11.9. The number of ether oxygens (including phenoxy) is 1. The van der Waals surface area contributed by atoms with Crippen LogP contribution >= 0.6 is 0 Å². The van der Waals surface area contributed by atoms with Gasteiger partial charge < -0.3 is 19.5 Å². The summed E-state index contributed by atoms with van der Waals surface area (Å²) in [6, 6.07) is 14.2. The molecule has 2 aliphatic heterocycles. The Balaban J connectivity index is 1.31. The van der Waals surface area contributed by atoms with Crippen LogP contribution in [0.25, 0.3) is 11.6 Å². The average Bonchev–Trinajstić information content (AvgIpc) is 3.27. The number of likely N-dealkylation sites (tertiary alicyclic amines) is 1. The number of fused-ring (bicyclic) bond motifs is 3. The van der Waals surface area contributed by atoms with Crippen molar-refractivity contribution in [2.45, 2.75) is 83.7 Å². The van der Waals surface area contributed by atoms with E-state index in [9.17, 15) is 19.7 Å². The van der Waals surface area contributed by atoms with Crippen LogP contribution in [-0.4, -0.2) is 59.8 Å². The average molecular weight is 598 g/mol. The molecule has 7 nitrogen and oxygen atoms in total. The Hall–Kier alpha value is -3.20. The molecule has 2 aliphatic carbocycles.